The number of amidine groups is 1. The van der Waals surface area contributed by atoms with Gasteiger partial charge in [-0.1, -0.05) is 53.7 Å². The predicted molar refractivity (Wildman–Crippen MR) is 112 cm³/mol. The van der Waals surface area contributed by atoms with Crippen molar-refractivity contribution in [3.05, 3.63) is 102 Å². The van der Waals surface area contributed by atoms with E-state index < -0.39 is 0 Å². The Labute approximate surface area is 168 Å². The second kappa shape index (κ2) is 7.90. The van der Waals surface area contributed by atoms with Gasteiger partial charge in [0.15, 0.2) is 5.84 Å². The van der Waals surface area contributed by atoms with Gasteiger partial charge < -0.3 is 20.6 Å². The fourth-order valence-corrected chi connectivity index (χ4v) is 3.15. The van der Waals surface area contributed by atoms with Crippen LogP contribution in [0.2, 0.25) is 0 Å². The maximum Gasteiger partial charge on any atom is 0.255 e. The number of benzene rings is 3. The van der Waals surface area contributed by atoms with E-state index >= 15 is 0 Å². The number of anilines is 1. The number of oxime groups is 1. The summed E-state index contributed by atoms with van der Waals surface area (Å²) in [5.41, 5.74) is 8.61. The Kier molecular flexibility index (Phi) is 4.99. The molecule has 1 heterocycles. The molecule has 0 radical (unpaired) electrons. The van der Waals surface area contributed by atoms with E-state index in [2.05, 4.69) is 5.16 Å². The topological polar surface area (TPSA) is 88.2 Å². The van der Waals surface area contributed by atoms with Crippen LogP contribution >= 0.6 is 0 Å². The molecule has 1 aliphatic heterocycles. The number of fused-ring (bicyclic) bond motifs is 1. The van der Waals surface area contributed by atoms with Gasteiger partial charge in [0, 0.05) is 28.5 Å². The van der Waals surface area contributed by atoms with Crippen molar-refractivity contribution in [3.8, 4) is 5.75 Å². The van der Waals surface area contributed by atoms with Crippen LogP contribution in [0.3, 0.4) is 0 Å². The fourth-order valence-electron chi connectivity index (χ4n) is 3.15. The molecule has 0 spiro atoms. The number of para-hydroxylation sites is 1. The van der Waals surface area contributed by atoms with Crippen molar-refractivity contribution in [2.45, 2.75) is 6.54 Å². The molecule has 3 aromatic rings. The van der Waals surface area contributed by atoms with E-state index in [0.717, 1.165) is 11.1 Å². The SMILES string of the molecule is N/C(=N\O)c1ccc(N2Cc3ccccc3O/C(c3ccccc3)=C\C2=O)cc1. The van der Waals surface area contributed by atoms with Crippen molar-refractivity contribution in [2.75, 3.05) is 4.90 Å². The fraction of sp³-hybridized carbons (Fsp3) is 0.0435. The average molecular weight is 385 g/mol. The van der Waals surface area contributed by atoms with E-state index in [9.17, 15) is 4.79 Å². The molecule has 4 rings (SSSR count). The Morgan fingerprint density at radius 2 is 1.66 bits per heavy atom. The summed E-state index contributed by atoms with van der Waals surface area (Å²) in [5.74, 6) is 1.00. The third-order valence-corrected chi connectivity index (χ3v) is 4.68. The standard InChI is InChI=1S/C23H19N3O3/c24-23(25-28)17-10-12-19(13-11-17)26-15-18-8-4-5-9-20(18)29-21(14-22(26)27)16-6-2-1-3-7-16/h1-14,28H,15H2,(H2,24,25)/b21-14-. The average Bonchev–Trinajstić information content (AvgIpc) is 2.77. The smallest absolute Gasteiger partial charge is 0.255 e. The number of carbonyl (C=O) groups excluding carboxylic acids is 1. The predicted octanol–water partition coefficient (Wildman–Crippen LogP) is 3.75. The highest BCUT2D eigenvalue weighted by Gasteiger charge is 2.22. The van der Waals surface area contributed by atoms with Crippen molar-refractivity contribution in [2.24, 2.45) is 10.9 Å². The van der Waals surface area contributed by atoms with Crippen molar-refractivity contribution >= 4 is 23.2 Å². The molecule has 0 aliphatic carbocycles. The van der Waals surface area contributed by atoms with Crippen LogP contribution in [0.5, 0.6) is 5.75 Å². The number of hydrogen-bond acceptors (Lipinski definition) is 4. The lowest BCUT2D eigenvalue weighted by atomic mass is 10.1. The molecule has 29 heavy (non-hydrogen) atoms. The molecule has 6 nitrogen and oxygen atoms in total. The monoisotopic (exact) mass is 385 g/mol. The minimum atomic E-state index is -0.199. The minimum Gasteiger partial charge on any atom is -0.456 e. The van der Waals surface area contributed by atoms with Gasteiger partial charge in [-0.25, -0.2) is 0 Å². The Hall–Kier alpha value is -4.06. The quantitative estimate of drug-likeness (QED) is 0.311. The third kappa shape index (κ3) is 3.82. The molecule has 6 heteroatoms. The number of nitrogens with two attached hydrogens (primary N) is 1. The summed E-state index contributed by atoms with van der Waals surface area (Å²) in [6.07, 6.45) is 1.50. The van der Waals surface area contributed by atoms with Gasteiger partial charge in [0.1, 0.15) is 11.5 Å². The van der Waals surface area contributed by atoms with Gasteiger partial charge in [0.25, 0.3) is 5.91 Å². The normalized spacial score (nSPS) is 16.1. The lowest BCUT2D eigenvalue weighted by Crippen LogP contribution is -2.30. The van der Waals surface area contributed by atoms with E-state index in [1.165, 1.54) is 6.08 Å². The molecule has 0 atom stereocenters. The second-order valence-electron chi connectivity index (χ2n) is 6.54. The van der Waals surface area contributed by atoms with E-state index in [1.54, 1.807) is 29.2 Å². The van der Waals surface area contributed by atoms with Gasteiger partial charge >= 0.3 is 0 Å². The molecular formula is C23H19N3O3. The summed E-state index contributed by atoms with van der Waals surface area (Å²) in [6.45, 7) is 0.358. The highest BCUT2D eigenvalue weighted by atomic mass is 16.5. The summed E-state index contributed by atoms with van der Waals surface area (Å²) >= 11 is 0. The number of nitrogens with zero attached hydrogens (tertiary/aromatic N) is 2. The Morgan fingerprint density at radius 3 is 2.38 bits per heavy atom. The molecule has 0 saturated heterocycles. The summed E-state index contributed by atoms with van der Waals surface area (Å²) in [6, 6.07) is 24.1. The van der Waals surface area contributed by atoms with Gasteiger partial charge in [0.2, 0.25) is 0 Å². The summed E-state index contributed by atoms with van der Waals surface area (Å²) < 4.78 is 6.10. The zero-order valence-electron chi connectivity index (χ0n) is 15.5. The van der Waals surface area contributed by atoms with Crippen LogP contribution in [0.25, 0.3) is 5.76 Å². The van der Waals surface area contributed by atoms with Gasteiger partial charge in [-0.2, -0.15) is 0 Å². The first kappa shape index (κ1) is 18.3. The lowest BCUT2D eigenvalue weighted by Gasteiger charge is -2.26. The molecule has 1 aliphatic rings. The number of ether oxygens (including phenoxy) is 1. The van der Waals surface area contributed by atoms with Gasteiger partial charge in [-0.15, -0.1) is 0 Å². The van der Waals surface area contributed by atoms with Gasteiger partial charge in [-0.3, -0.25) is 4.79 Å². The summed E-state index contributed by atoms with van der Waals surface area (Å²) in [7, 11) is 0. The lowest BCUT2D eigenvalue weighted by molar-refractivity contribution is -0.114. The van der Waals surface area contributed by atoms with E-state index in [-0.39, 0.29) is 11.7 Å². The van der Waals surface area contributed by atoms with Crippen molar-refractivity contribution in [1.82, 2.24) is 0 Å². The molecule has 0 aromatic heterocycles. The van der Waals surface area contributed by atoms with Crippen molar-refractivity contribution < 1.29 is 14.7 Å². The Bertz CT molecular complexity index is 1090. The first-order valence-corrected chi connectivity index (χ1v) is 9.08. The largest absolute Gasteiger partial charge is 0.456 e. The molecule has 0 saturated carbocycles. The molecule has 0 unspecified atom stereocenters. The summed E-state index contributed by atoms with van der Waals surface area (Å²) in [4.78, 5) is 14.8. The van der Waals surface area contributed by atoms with Crippen molar-refractivity contribution in [3.63, 3.8) is 0 Å². The first-order chi connectivity index (χ1) is 14.2. The van der Waals surface area contributed by atoms with E-state index in [0.29, 0.717) is 29.3 Å². The highest BCUT2D eigenvalue weighted by molar-refractivity contribution is 6.06. The number of rotatable bonds is 3. The summed E-state index contributed by atoms with van der Waals surface area (Å²) in [5, 5.41) is 11.8. The third-order valence-electron chi connectivity index (χ3n) is 4.68. The maximum atomic E-state index is 13.1. The molecule has 0 fully saturated rings. The maximum absolute atomic E-state index is 13.1. The zero-order valence-corrected chi connectivity index (χ0v) is 15.5. The molecule has 144 valence electrons. The molecule has 0 bridgehead atoms. The van der Waals surface area contributed by atoms with Crippen LogP contribution in [0.4, 0.5) is 5.69 Å². The van der Waals surface area contributed by atoms with Crippen LogP contribution in [-0.2, 0) is 11.3 Å². The molecular weight excluding hydrogens is 366 g/mol. The number of amides is 1. The Morgan fingerprint density at radius 1 is 0.966 bits per heavy atom. The Balaban J connectivity index is 1.77. The van der Waals surface area contributed by atoms with Crippen LogP contribution in [0.1, 0.15) is 16.7 Å². The van der Waals surface area contributed by atoms with Crippen LogP contribution in [0, 0.1) is 0 Å². The molecule has 3 aromatic carbocycles. The number of hydrogen-bond donors (Lipinski definition) is 2. The van der Waals surface area contributed by atoms with Gasteiger partial charge in [0.05, 0.1) is 6.54 Å². The molecule has 1 amide bonds. The molecule has 3 N–H and O–H groups in total. The van der Waals surface area contributed by atoms with E-state index in [1.807, 2.05) is 54.6 Å². The van der Waals surface area contributed by atoms with Crippen LogP contribution in [0.15, 0.2) is 90.1 Å². The van der Waals surface area contributed by atoms with Crippen molar-refractivity contribution in [1.29, 1.82) is 0 Å². The second-order valence-corrected chi connectivity index (χ2v) is 6.54. The highest BCUT2D eigenvalue weighted by Crippen LogP contribution is 2.30. The van der Waals surface area contributed by atoms with E-state index in [4.69, 9.17) is 15.7 Å². The van der Waals surface area contributed by atoms with Crippen LogP contribution < -0.4 is 15.4 Å². The number of carbonyl (C=O) groups is 1. The van der Waals surface area contributed by atoms with Gasteiger partial charge in [-0.05, 0) is 30.3 Å². The zero-order chi connectivity index (χ0) is 20.2. The van der Waals surface area contributed by atoms with Crippen LogP contribution in [-0.4, -0.2) is 17.0 Å². The first-order valence-electron chi connectivity index (χ1n) is 9.08. The minimum absolute atomic E-state index is 0.0144.